The Morgan fingerprint density at radius 2 is 1.83 bits per heavy atom. The van der Waals surface area contributed by atoms with Gasteiger partial charge in [-0.3, -0.25) is 4.79 Å². The van der Waals surface area contributed by atoms with Crippen molar-refractivity contribution in [3.8, 4) is 28.4 Å². The van der Waals surface area contributed by atoms with Crippen molar-refractivity contribution in [2.45, 2.75) is 20.3 Å². The van der Waals surface area contributed by atoms with Crippen LogP contribution in [0, 0.1) is 0 Å². The minimum absolute atomic E-state index is 0.0198. The lowest BCUT2D eigenvalue weighted by Crippen LogP contribution is -2.13. The number of rotatable bonds is 6. The largest absolute Gasteiger partial charge is 0.507 e. The zero-order valence-corrected chi connectivity index (χ0v) is 16.6. The van der Waals surface area contributed by atoms with Crippen molar-refractivity contribution in [2.75, 3.05) is 20.0 Å². The van der Waals surface area contributed by atoms with Gasteiger partial charge in [-0.1, -0.05) is 6.07 Å². The molecule has 0 saturated heterocycles. The molecule has 3 aromatic rings. The molecule has 2 N–H and O–H groups in total. The number of phenolic OH excluding ortho intramolecular Hbond substituents is 1. The number of carbonyl (C=O) groups is 2. The van der Waals surface area contributed by atoms with E-state index in [0.717, 1.165) is 0 Å². The third kappa shape index (κ3) is 3.41. The highest BCUT2D eigenvalue weighted by atomic mass is 16.7. The molecule has 30 heavy (non-hydrogen) atoms. The Balaban J connectivity index is 1.94. The van der Waals surface area contributed by atoms with Crippen LogP contribution in [0.25, 0.3) is 22.0 Å². The van der Waals surface area contributed by atoms with Crippen LogP contribution in [0.2, 0.25) is 0 Å². The molecule has 4 rings (SSSR count). The Hall–Kier alpha value is -3.68. The normalized spacial score (nSPS) is 12.2. The monoisotopic (exact) mass is 411 g/mol. The molecule has 1 aliphatic heterocycles. The predicted octanol–water partition coefficient (Wildman–Crippen LogP) is 3.55. The predicted molar refractivity (Wildman–Crippen MR) is 108 cm³/mol. The summed E-state index contributed by atoms with van der Waals surface area (Å²) in [7, 11) is 0. The third-order valence-electron chi connectivity index (χ3n) is 4.79. The molecular formula is C22H21NO7. The molecule has 0 radical (unpaired) electrons. The molecule has 1 aromatic heterocycles. The van der Waals surface area contributed by atoms with Gasteiger partial charge in [0.05, 0.1) is 25.2 Å². The molecule has 0 aliphatic carbocycles. The van der Waals surface area contributed by atoms with Crippen LogP contribution in [0.3, 0.4) is 0 Å². The van der Waals surface area contributed by atoms with Crippen LogP contribution >= 0.6 is 0 Å². The van der Waals surface area contributed by atoms with Crippen LogP contribution in [-0.4, -0.2) is 42.0 Å². The SMILES string of the molecule is CCOC(=O)Cc1[nH]c2ccc(O)c(-c3ccc4c(c3)OCO4)c2c1C(=O)OCC. The minimum atomic E-state index is -0.587. The zero-order chi connectivity index (χ0) is 21.3. The van der Waals surface area contributed by atoms with Gasteiger partial charge in [0.2, 0.25) is 6.79 Å². The topological polar surface area (TPSA) is 107 Å². The highest BCUT2D eigenvalue weighted by Gasteiger charge is 2.26. The van der Waals surface area contributed by atoms with Gasteiger partial charge in [-0.2, -0.15) is 0 Å². The number of hydrogen-bond donors (Lipinski definition) is 2. The van der Waals surface area contributed by atoms with E-state index in [-0.39, 0.29) is 37.7 Å². The molecule has 0 unspecified atom stereocenters. The summed E-state index contributed by atoms with van der Waals surface area (Å²) in [6.07, 6.45) is -0.127. The highest BCUT2D eigenvalue weighted by molar-refractivity contribution is 6.13. The van der Waals surface area contributed by atoms with Gasteiger partial charge in [-0.25, -0.2) is 4.79 Å². The lowest BCUT2D eigenvalue weighted by molar-refractivity contribution is -0.142. The number of nitrogens with one attached hydrogen (secondary N) is 1. The molecule has 8 nitrogen and oxygen atoms in total. The maximum atomic E-state index is 12.8. The zero-order valence-electron chi connectivity index (χ0n) is 16.6. The van der Waals surface area contributed by atoms with Crippen LogP contribution in [0.15, 0.2) is 30.3 Å². The van der Waals surface area contributed by atoms with Gasteiger partial charge in [0, 0.05) is 22.2 Å². The molecule has 0 spiro atoms. The first-order chi connectivity index (χ1) is 14.5. The molecule has 1 aliphatic rings. The number of esters is 2. The van der Waals surface area contributed by atoms with Gasteiger partial charge < -0.3 is 29.0 Å². The van der Waals surface area contributed by atoms with Crippen LogP contribution in [0.5, 0.6) is 17.2 Å². The number of aromatic hydroxyl groups is 1. The number of fused-ring (bicyclic) bond motifs is 2. The Kier molecular flexibility index (Phi) is 5.22. The fourth-order valence-corrected chi connectivity index (χ4v) is 3.59. The van der Waals surface area contributed by atoms with Gasteiger partial charge >= 0.3 is 11.9 Å². The molecular weight excluding hydrogens is 390 g/mol. The van der Waals surface area contributed by atoms with E-state index in [1.807, 2.05) is 0 Å². The lowest BCUT2D eigenvalue weighted by Gasteiger charge is -2.10. The van der Waals surface area contributed by atoms with Gasteiger partial charge in [0.25, 0.3) is 0 Å². The van der Waals surface area contributed by atoms with Crippen molar-refractivity contribution < 1.29 is 33.6 Å². The summed E-state index contributed by atoms with van der Waals surface area (Å²) < 4.78 is 21.1. The summed E-state index contributed by atoms with van der Waals surface area (Å²) in [5.74, 6) is 0.0738. The molecule has 2 aromatic carbocycles. The van der Waals surface area contributed by atoms with E-state index >= 15 is 0 Å². The Bertz CT molecular complexity index is 1130. The van der Waals surface area contributed by atoms with Crippen molar-refractivity contribution in [1.29, 1.82) is 0 Å². The first-order valence-electron chi connectivity index (χ1n) is 9.62. The molecule has 2 heterocycles. The van der Waals surface area contributed by atoms with Crippen molar-refractivity contribution >= 4 is 22.8 Å². The standard InChI is InChI=1S/C22H21NO7/c1-3-27-18(25)10-14-21(22(26)28-4-2)20-13(23-14)6-7-15(24)19(20)12-5-8-16-17(9-12)30-11-29-16/h5-9,23-24H,3-4,10-11H2,1-2H3. The summed E-state index contributed by atoms with van der Waals surface area (Å²) in [6.45, 7) is 3.94. The van der Waals surface area contributed by atoms with Crippen LogP contribution in [-0.2, 0) is 20.7 Å². The number of ether oxygens (including phenoxy) is 4. The second-order valence-electron chi connectivity index (χ2n) is 6.63. The second-order valence-corrected chi connectivity index (χ2v) is 6.63. The van der Waals surface area contributed by atoms with Crippen LogP contribution in [0.4, 0.5) is 0 Å². The number of aromatic amines is 1. The first-order valence-corrected chi connectivity index (χ1v) is 9.62. The van der Waals surface area contributed by atoms with E-state index in [1.54, 1.807) is 38.1 Å². The van der Waals surface area contributed by atoms with E-state index in [9.17, 15) is 14.7 Å². The highest BCUT2D eigenvalue weighted by Crippen LogP contribution is 2.43. The number of H-pyrrole nitrogens is 1. The summed E-state index contributed by atoms with van der Waals surface area (Å²) in [5.41, 5.74) is 2.22. The smallest absolute Gasteiger partial charge is 0.340 e. The lowest BCUT2D eigenvalue weighted by atomic mass is 9.96. The van der Waals surface area contributed by atoms with Crippen molar-refractivity contribution in [1.82, 2.24) is 4.98 Å². The quantitative estimate of drug-likeness (QED) is 0.597. The third-order valence-corrected chi connectivity index (χ3v) is 4.79. The molecule has 8 heteroatoms. The second kappa shape index (κ2) is 7.98. The Labute approximate surface area is 172 Å². The number of carbonyl (C=O) groups excluding carboxylic acids is 2. The number of hydrogen-bond acceptors (Lipinski definition) is 7. The van der Waals surface area contributed by atoms with E-state index in [0.29, 0.717) is 39.2 Å². The first kappa shape index (κ1) is 19.6. The molecule has 0 atom stereocenters. The van der Waals surface area contributed by atoms with Gasteiger partial charge in [0.1, 0.15) is 5.75 Å². The summed E-state index contributed by atoms with van der Waals surface area (Å²) in [5, 5.41) is 11.2. The fourth-order valence-electron chi connectivity index (χ4n) is 3.59. The minimum Gasteiger partial charge on any atom is -0.507 e. The summed E-state index contributed by atoms with van der Waals surface area (Å²) in [6, 6.07) is 8.44. The van der Waals surface area contributed by atoms with Crippen LogP contribution in [0.1, 0.15) is 29.9 Å². The van der Waals surface area contributed by atoms with Crippen molar-refractivity contribution in [3.05, 3.63) is 41.6 Å². The van der Waals surface area contributed by atoms with Gasteiger partial charge in [-0.05, 0) is 43.7 Å². The number of benzene rings is 2. The Morgan fingerprint density at radius 3 is 2.60 bits per heavy atom. The molecule has 0 fully saturated rings. The van der Waals surface area contributed by atoms with E-state index in [4.69, 9.17) is 18.9 Å². The van der Waals surface area contributed by atoms with Crippen LogP contribution < -0.4 is 9.47 Å². The number of aromatic nitrogens is 1. The molecule has 0 saturated carbocycles. The average molecular weight is 411 g/mol. The summed E-state index contributed by atoms with van der Waals surface area (Å²) >= 11 is 0. The average Bonchev–Trinajstić information content (AvgIpc) is 3.32. The van der Waals surface area contributed by atoms with Crippen molar-refractivity contribution in [3.63, 3.8) is 0 Å². The maximum Gasteiger partial charge on any atom is 0.340 e. The van der Waals surface area contributed by atoms with Crippen molar-refractivity contribution in [2.24, 2.45) is 0 Å². The maximum absolute atomic E-state index is 12.8. The van der Waals surface area contributed by atoms with E-state index in [1.165, 1.54) is 6.07 Å². The van der Waals surface area contributed by atoms with E-state index < -0.39 is 11.9 Å². The molecule has 0 amide bonds. The molecule has 156 valence electrons. The summed E-state index contributed by atoms with van der Waals surface area (Å²) in [4.78, 5) is 28.1. The van der Waals surface area contributed by atoms with E-state index in [2.05, 4.69) is 4.98 Å². The Morgan fingerprint density at radius 1 is 1.07 bits per heavy atom. The molecule has 0 bridgehead atoms. The number of phenols is 1. The van der Waals surface area contributed by atoms with Gasteiger partial charge in [0.15, 0.2) is 11.5 Å². The van der Waals surface area contributed by atoms with Gasteiger partial charge in [-0.15, -0.1) is 0 Å². The fraction of sp³-hybridized carbons (Fsp3) is 0.273.